The molecule has 0 aliphatic carbocycles. The van der Waals surface area contributed by atoms with Crippen LogP contribution in [-0.2, 0) is 0 Å². The van der Waals surface area contributed by atoms with E-state index in [4.69, 9.17) is 22.1 Å². The molecule has 2 rings (SSSR count). The van der Waals surface area contributed by atoms with Crippen LogP contribution in [0.4, 0.5) is 0 Å². The molecule has 21 heavy (non-hydrogen) atoms. The molecule has 106 valence electrons. The average molecular weight is 316 g/mol. The Morgan fingerprint density at radius 2 is 1.95 bits per heavy atom. The van der Waals surface area contributed by atoms with Gasteiger partial charge in [0.15, 0.2) is 6.29 Å². The van der Waals surface area contributed by atoms with Gasteiger partial charge in [-0.25, -0.2) is 0 Å². The molecule has 0 bridgehead atoms. The first kappa shape index (κ1) is 18.2. The molecular formula is C15H16ClLiNO2P. The second kappa shape index (κ2) is 8.59. The van der Waals surface area contributed by atoms with E-state index < -0.39 is 7.92 Å². The van der Waals surface area contributed by atoms with Gasteiger partial charge in [-0.1, -0.05) is 41.9 Å². The molecule has 0 saturated carbocycles. The van der Waals surface area contributed by atoms with Crippen molar-refractivity contribution in [2.24, 2.45) is 5.73 Å². The zero-order valence-electron chi connectivity index (χ0n) is 13.0. The summed E-state index contributed by atoms with van der Waals surface area (Å²) < 4.78 is 5.15. The fraction of sp³-hybridized carbons (Fsp3) is 0.133. The van der Waals surface area contributed by atoms with Crippen molar-refractivity contribution >= 4 is 36.4 Å². The molecule has 0 heterocycles. The van der Waals surface area contributed by atoms with E-state index in [0.29, 0.717) is 22.6 Å². The fourth-order valence-corrected chi connectivity index (χ4v) is 4.24. The van der Waals surface area contributed by atoms with Gasteiger partial charge >= 0.3 is 18.9 Å². The molecule has 2 N–H and O–H groups in total. The van der Waals surface area contributed by atoms with Gasteiger partial charge in [0.1, 0.15) is 5.75 Å². The number of nitrogens with two attached hydrogens (primary N) is 1. The van der Waals surface area contributed by atoms with Crippen LogP contribution in [0.2, 0.25) is 5.02 Å². The van der Waals surface area contributed by atoms with Crippen molar-refractivity contribution in [1.29, 1.82) is 0 Å². The zero-order chi connectivity index (χ0) is 14.5. The number of hydrogen-bond donors (Lipinski definition) is 1. The monoisotopic (exact) mass is 315 g/mol. The van der Waals surface area contributed by atoms with E-state index in [1.807, 2.05) is 42.5 Å². The van der Waals surface area contributed by atoms with Gasteiger partial charge in [0.2, 0.25) is 0 Å². The molecule has 0 aliphatic rings. The largest absolute Gasteiger partial charge is 1.00 e. The average Bonchev–Trinajstić information content (AvgIpc) is 2.48. The van der Waals surface area contributed by atoms with Gasteiger partial charge in [0.25, 0.3) is 0 Å². The van der Waals surface area contributed by atoms with Gasteiger partial charge in [0, 0.05) is 6.29 Å². The van der Waals surface area contributed by atoms with Crippen LogP contribution in [0.3, 0.4) is 0 Å². The number of methoxy groups -OCH3 is 1. The molecule has 1 unspecified atom stereocenters. The van der Waals surface area contributed by atoms with Crippen molar-refractivity contribution in [3.8, 4) is 5.75 Å². The Balaban J connectivity index is 0.00000220. The van der Waals surface area contributed by atoms with Crippen LogP contribution in [0.25, 0.3) is 0 Å². The molecule has 6 heteroatoms. The maximum absolute atomic E-state index is 11.2. The third-order valence-corrected chi connectivity index (χ3v) is 5.40. The Morgan fingerprint density at radius 3 is 2.48 bits per heavy atom. The minimum Gasteiger partial charge on any atom is -1.00 e. The van der Waals surface area contributed by atoms with Crippen molar-refractivity contribution < 1.29 is 29.8 Å². The molecule has 0 spiro atoms. The predicted octanol–water partition coefficient (Wildman–Crippen LogP) is -0.373. The van der Waals surface area contributed by atoms with Crippen molar-refractivity contribution in [2.45, 2.75) is 0 Å². The second-order valence-electron chi connectivity index (χ2n) is 4.11. The van der Waals surface area contributed by atoms with Crippen LogP contribution in [0.15, 0.2) is 42.5 Å². The van der Waals surface area contributed by atoms with Crippen molar-refractivity contribution in [3.63, 3.8) is 0 Å². The van der Waals surface area contributed by atoms with Crippen LogP contribution in [0, 0.1) is 0 Å². The third-order valence-electron chi connectivity index (χ3n) is 2.95. The molecule has 0 aromatic heterocycles. The van der Waals surface area contributed by atoms with E-state index in [1.54, 1.807) is 0 Å². The number of carbonyl (C=O) groups is 1. The number of rotatable bonds is 5. The first-order chi connectivity index (χ1) is 9.71. The quantitative estimate of drug-likeness (QED) is 0.465. The fourth-order valence-electron chi connectivity index (χ4n) is 2.03. The summed E-state index contributed by atoms with van der Waals surface area (Å²) in [6.07, 6.45) is 1.25. The Bertz CT molecular complexity index is 616. The smallest absolute Gasteiger partial charge is 1.00 e. The van der Waals surface area contributed by atoms with Gasteiger partial charge in [-0.05, 0) is 30.7 Å². The summed E-state index contributed by atoms with van der Waals surface area (Å²) >= 11 is 6.19. The van der Waals surface area contributed by atoms with E-state index in [9.17, 15) is 4.79 Å². The molecule has 2 aromatic rings. The number of halogens is 1. The van der Waals surface area contributed by atoms with Gasteiger partial charge < -0.3 is 11.9 Å². The minimum atomic E-state index is -0.725. The number of ether oxygens (including phenoxy) is 1. The van der Waals surface area contributed by atoms with E-state index in [-0.39, 0.29) is 20.3 Å². The SMILES string of the molecule is COc1c(Cl)cc(P(CN)c2ccccc2)cc1C=O.[H-].[Li+]. The third kappa shape index (κ3) is 4.10. The molecule has 1 atom stereocenters. The van der Waals surface area contributed by atoms with Gasteiger partial charge in [-0.15, -0.1) is 0 Å². The van der Waals surface area contributed by atoms with Crippen molar-refractivity contribution in [3.05, 3.63) is 53.1 Å². The molecule has 0 fully saturated rings. The number of aldehydes is 1. The Kier molecular flexibility index (Phi) is 7.46. The standard InChI is InChI=1S/C15H15ClNO2P.Li.H/c1-19-15-11(9-18)7-13(8-14(15)16)20(10-17)12-5-3-2-4-6-12;;/h2-9H,10,17H2,1H3;;/q;+1;-1. The van der Waals surface area contributed by atoms with Crippen LogP contribution >= 0.6 is 19.5 Å². The zero-order valence-corrected chi connectivity index (χ0v) is 13.7. The molecule has 2 aromatic carbocycles. The molecule has 0 saturated heterocycles. The summed E-state index contributed by atoms with van der Waals surface area (Å²) in [5, 5.41) is 2.56. The predicted molar refractivity (Wildman–Crippen MR) is 86.2 cm³/mol. The Hall–Kier alpha value is -0.813. The Labute approximate surface area is 144 Å². The summed E-state index contributed by atoms with van der Waals surface area (Å²) in [6.45, 7) is 0. The van der Waals surface area contributed by atoms with E-state index in [0.717, 1.165) is 16.9 Å². The number of hydrogen-bond acceptors (Lipinski definition) is 3. The summed E-state index contributed by atoms with van der Waals surface area (Å²) in [7, 11) is 0.772. The van der Waals surface area contributed by atoms with Crippen molar-refractivity contribution in [2.75, 3.05) is 13.4 Å². The Morgan fingerprint density at radius 1 is 1.29 bits per heavy atom. The maximum atomic E-state index is 11.2. The van der Waals surface area contributed by atoms with E-state index in [2.05, 4.69) is 0 Å². The molecule has 0 aliphatic heterocycles. The normalized spacial score (nSPS) is 11.4. The molecule has 0 radical (unpaired) electrons. The summed E-state index contributed by atoms with van der Waals surface area (Å²) in [5.41, 5.74) is 6.37. The topological polar surface area (TPSA) is 52.3 Å². The van der Waals surface area contributed by atoms with Crippen LogP contribution in [-0.4, -0.2) is 19.7 Å². The molecular weight excluding hydrogens is 300 g/mol. The number of carbonyl (C=O) groups excluding carboxylic acids is 1. The van der Waals surface area contributed by atoms with Gasteiger partial charge in [-0.2, -0.15) is 0 Å². The molecule has 0 amide bonds. The summed E-state index contributed by atoms with van der Waals surface area (Å²) in [4.78, 5) is 11.2. The van der Waals surface area contributed by atoms with Gasteiger partial charge in [-0.3, -0.25) is 4.79 Å². The first-order valence-corrected chi connectivity index (χ1v) is 7.97. The molecule has 3 nitrogen and oxygen atoms in total. The van der Waals surface area contributed by atoms with E-state index in [1.165, 1.54) is 7.11 Å². The van der Waals surface area contributed by atoms with E-state index >= 15 is 0 Å². The van der Waals surface area contributed by atoms with Gasteiger partial charge in [0.05, 0.1) is 17.7 Å². The minimum absolute atomic E-state index is 0. The summed E-state index contributed by atoms with van der Waals surface area (Å²) in [5.74, 6) is 0.408. The number of benzene rings is 2. The second-order valence-corrected chi connectivity index (χ2v) is 6.78. The summed E-state index contributed by atoms with van der Waals surface area (Å²) in [6, 6.07) is 13.6. The van der Waals surface area contributed by atoms with Crippen LogP contribution in [0.1, 0.15) is 11.8 Å². The first-order valence-electron chi connectivity index (χ1n) is 6.06. The maximum Gasteiger partial charge on any atom is 1.00 e. The van der Waals surface area contributed by atoms with Crippen molar-refractivity contribution in [1.82, 2.24) is 0 Å². The van der Waals surface area contributed by atoms with Crippen LogP contribution < -0.4 is 39.9 Å². The van der Waals surface area contributed by atoms with Crippen LogP contribution in [0.5, 0.6) is 5.75 Å².